The van der Waals surface area contributed by atoms with Gasteiger partial charge in [0.15, 0.2) is 12.0 Å². The summed E-state index contributed by atoms with van der Waals surface area (Å²) in [5.41, 5.74) is 1.37. The van der Waals surface area contributed by atoms with Gasteiger partial charge in [0.1, 0.15) is 11.3 Å². The van der Waals surface area contributed by atoms with Crippen LogP contribution in [0.1, 0.15) is 0 Å². The molecule has 0 bridgehead atoms. The van der Waals surface area contributed by atoms with Crippen LogP contribution in [0.25, 0.3) is 11.1 Å². The van der Waals surface area contributed by atoms with Crippen LogP contribution in [0.3, 0.4) is 0 Å². The first-order valence-electron chi connectivity index (χ1n) is 2.88. The van der Waals surface area contributed by atoms with Gasteiger partial charge < -0.3 is 15.0 Å². The van der Waals surface area contributed by atoms with Crippen molar-refractivity contribution in [2.24, 2.45) is 0 Å². The maximum Gasteiger partial charge on any atom is 0.181 e. The summed E-state index contributed by atoms with van der Waals surface area (Å²) >= 11 is 0. The van der Waals surface area contributed by atoms with E-state index in [4.69, 9.17) is 9.52 Å². The van der Waals surface area contributed by atoms with Crippen LogP contribution in [0.5, 0.6) is 5.75 Å². The number of hydrogen-bond acceptors (Lipinski definition) is 3. The molecule has 1 aromatic carbocycles. The van der Waals surface area contributed by atoms with E-state index in [1.54, 1.807) is 18.2 Å². The Morgan fingerprint density at radius 2 is 2.18 bits per heavy atom. The van der Waals surface area contributed by atoms with Crippen molar-refractivity contribution in [1.82, 2.24) is 4.98 Å². The van der Waals surface area contributed by atoms with Gasteiger partial charge >= 0.3 is 0 Å². The van der Waals surface area contributed by atoms with E-state index in [1.165, 1.54) is 6.39 Å². The van der Waals surface area contributed by atoms with Crippen molar-refractivity contribution in [3.05, 3.63) is 24.6 Å². The smallest absolute Gasteiger partial charge is 0.181 e. The molecule has 58 valence electrons. The van der Waals surface area contributed by atoms with Gasteiger partial charge in [-0.15, -0.1) is 0 Å². The van der Waals surface area contributed by atoms with Crippen LogP contribution in [0.2, 0.25) is 0 Å². The fourth-order valence-corrected chi connectivity index (χ4v) is 0.846. The lowest BCUT2D eigenvalue weighted by atomic mass is 10.3. The molecule has 1 heterocycles. The molecule has 4 nitrogen and oxygen atoms in total. The molecule has 0 aliphatic rings. The molecule has 1 aromatic heterocycles. The van der Waals surface area contributed by atoms with Crippen LogP contribution < -0.4 is 0 Å². The van der Waals surface area contributed by atoms with Crippen molar-refractivity contribution in [3.8, 4) is 5.75 Å². The summed E-state index contributed by atoms with van der Waals surface area (Å²) in [6.45, 7) is 0. The number of oxazole rings is 1. The Balaban J connectivity index is 0.000000605. The van der Waals surface area contributed by atoms with Crippen LogP contribution >= 0.6 is 0 Å². The number of phenols is 1. The number of hydrogen-bond donors (Lipinski definition) is 1. The van der Waals surface area contributed by atoms with Gasteiger partial charge in [0.05, 0.1) is 0 Å². The minimum Gasteiger partial charge on any atom is -0.508 e. The number of benzene rings is 1. The van der Waals surface area contributed by atoms with Crippen LogP contribution in [0.4, 0.5) is 0 Å². The first kappa shape index (κ1) is 7.56. The van der Waals surface area contributed by atoms with Crippen LogP contribution in [-0.2, 0) is 0 Å². The van der Waals surface area contributed by atoms with E-state index in [2.05, 4.69) is 4.98 Å². The van der Waals surface area contributed by atoms with Gasteiger partial charge in [-0.25, -0.2) is 4.98 Å². The van der Waals surface area contributed by atoms with Crippen LogP contribution in [0, 0.1) is 0 Å². The predicted octanol–water partition coefficient (Wildman–Crippen LogP) is 0.709. The predicted molar refractivity (Wildman–Crippen MR) is 39.3 cm³/mol. The van der Waals surface area contributed by atoms with Crippen molar-refractivity contribution in [1.29, 1.82) is 0 Å². The van der Waals surface area contributed by atoms with Gasteiger partial charge in [0, 0.05) is 6.07 Å². The molecule has 0 amide bonds. The molecule has 0 saturated heterocycles. The quantitative estimate of drug-likeness (QED) is 0.605. The van der Waals surface area contributed by atoms with Crippen molar-refractivity contribution in [3.63, 3.8) is 0 Å². The van der Waals surface area contributed by atoms with E-state index < -0.39 is 0 Å². The van der Waals surface area contributed by atoms with Crippen molar-refractivity contribution in [2.45, 2.75) is 0 Å². The van der Waals surface area contributed by atoms with E-state index in [0.717, 1.165) is 0 Å². The van der Waals surface area contributed by atoms with Gasteiger partial charge in [0.2, 0.25) is 0 Å². The second-order valence-electron chi connectivity index (χ2n) is 2.00. The molecule has 0 aliphatic carbocycles. The fraction of sp³-hybridized carbons (Fsp3) is 0. The highest BCUT2D eigenvalue weighted by Crippen LogP contribution is 2.17. The minimum atomic E-state index is 0. The maximum absolute atomic E-state index is 8.97. The maximum atomic E-state index is 8.97. The van der Waals surface area contributed by atoms with Gasteiger partial charge in [-0.2, -0.15) is 0 Å². The molecule has 0 atom stereocenters. The third-order valence-electron chi connectivity index (χ3n) is 1.31. The molecular weight excluding hydrogens is 146 g/mol. The highest BCUT2D eigenvalue weighted by Gasteiger charge is 1.96. The molecule has 0 saturated carbocycles. The number of aromatic hydroxyl groups is 1. The molecule has 0 spiro atoms. The summed E-state index contributed by atoms with van der Waals surface area (Å²) in [4.78, 5) is 3.85. The highest BCUT2D eigenvalue weighted by atomic mass is 16.3. The second-order valence-corrected chi connectivity index (χ2v) is 2.00. The summed E-state index contributed by atoms with van der Waals surface area (Å²) in [5, 5.41) is 8.97. The first-order chi connectivity index (χ1) is 4.86. The molecule has 0 aliphatic heterocycles. The molecule has 2 rings (SSSR count). The van der Waals surface area contributed by atoms with Gasteiger partial charge in [-0.05, 0) is 12.1 Å². The Morgan fingerprint density at radius 3 is 3.00 bits per heavy atom. The fourth-order valence-electron chi connectivity index (χ4n) is 0.846. The number of nitrogens with zero attached hydrogens (tertiary/aromatic N) is 1. The lowest BCUT2D eigenvalue weighted by molar-refractivity contribution is 0.476. The van der Waals surface area contributed by atoms with Gasteiger partial charge in [-0.3, -0.25) is 0 Å². The summed E-state index contributed by atoms with van der Waals surface area (Å²) in [6.07, 6.45) is 1.35. The van der Waals surface area contributed by atoms with E-state index >= 15 is 0 Å². The van der Waals surface area contributed by atoms with E-state index in [1.807, 2.05) is 0 Å². The average molecular weight is 153 g/mol. The number of rotatable bonds is 0. The largest absolute Gasteiger partial charge is 0.508 e. The van der Waals surface area contributed by atoms with Gasteiger partial charge in [0.25, 0.3) is 0 Å². The Morgan fingerprint density at radius 1 is 1.36 bits per heavy atom. The molecule has 3 N–H and O–H groups in total. The zero-order chi connectivity index (χ0) is 6.97. The zero-order valence-corrected chi connectivity index (χ0v) is 5.61. The molecular formula is C7H7NO3. The standard InChI is InChI=1S/C7H5NO2.H2O/c9-5-1-2-7-6(3-5)8-4-10-7;/h1-4,9H;1H2. The van der Waals surface area contributed by atoms with Crippen LogP contribution in [0.15, 0.2) is 29.0 Å². The second kappa shape index (κ2) is 2.59. The van der Waals surface area contributed by atoms with Crippen molar-refractivity contribution >= 4 is 11.1 Å². The molecule has 11 heavy (non-hydrogen) atoms. The normalized spacial score (nSPS) is 9.45. The van der Waals surface area contributed by atoms with E-state index in [9.17, 15) is 0 Å². The molecule has 0 fully saturated rings. The summed E-state index contributed by atoms with van der Waals surface area (Å²) in [7, 11) is 0. The van der Waals surface area contributed by atoms with E-state index in [0.29, 0.717) is 11.1 Å². The van der Waals surface area contributed by atoms with Crippen LogP contribution in [-0.4, -0.2) is 15.6 Å². The molecule has 0 unspecified atom stereocenters. The van der Waals surface area contributed by atoms with Crippen molar-refractivity contribution < 1.29 is 15.0 Å². The molecule has 2 aromatic rings. The topological polar surface area (TPSA) is 77.8 Å². The number of fused-ring (bicyclic) bond motifs is 1. The number of aromatic nitrogens is 1. The Bertz CT molecular complexity index is 355. The SMILES string of the molecule is O.Oc1ccc2ocnc2c1. The monoisotopic (exact) mass is 153 g/mol. The average Bonchev–Trinajstić information content (AvgIpc) is 2.33. The molecule has 4 heteroatoms. The minimum absolute atomic E-state index is 0. The lowest BCUT2D eigenvalue weighted by Gasteiger charge is -1.86. The lowest BCUT2D eigenvalue weighted by Crippen LogP contribution is -1.65. The summed E-state index contributed by atoms with van der Waals surface area (Å²) < 4.78 is 4.95. The highest BCUT2D eigenvalue weighted by molar-refractivity contribution is 5.73. The zero-order valence-electron chi connectivity index (χ0n) is 5.61. The van der Waals surface area contributed by atoms with Gasteiger partial charge in [-0.1, -0.05) is 0 Å². The Kier molecular flexibility index (Phi) is 1.78. The third-order valence-corrected chi connectivity index (χ3v) is 1.31. The summed E-state index contributed by atoms with van der Waals surface area (Å²) in [6, 6.07) is 4.80. The Hall–Kier alpha value is -1.55. The Labute approximate surface area is 62.4 Å². The number of phenolic OH excluding ortho intramolecular Hbond substituents is 1. The van der Waals surface area contributed by atoms with Crippen molar-refractivity contribution in [2.75, 3.05) is 0 Å². The van der Waals surface area contributed by atoms with E-state index in [-0.39, 0.29) is 11.2 Å². The third kappa shape index (κ3) is 1.15. The first-order valence-corrected chi connectivity index (χ1v) is 2.88. The summed E-state index contributed by atoms with van der Waals surface area (Å²) in [5.74, 6) is 0.210. The molecule has 0 radical (unpaired) electrons.